The number of ketones is 1. The summed E-state index contributed by atoms with van der Waals surface area (Å²) in [5, 5.41) is 2.83. The lowest BCUT2D eigenvalue weighted by Crippen LogP contribution is -2.12. The molecule has 128 valence electrons. The molecule has 0 radical (unpaired) electrons. The molecule has 1 N–H and O–H groups in total. The van der Waals surface area contributed by atoms with Gasteiger partial charge in [-0.2, -0.15) is 0 Å². The first-order chi connectivity index (χ1) is 12.6. The van der Waals surface area contributed by atoms with Gasteiger partial charge in [-0.15, -0.1) is 0 Å². The monoisotopic (exact) mass is 342 g/mol. The standard InChI is InChI=1S/C22H18N2O2/c1-16-4-2-6-19(14-16)22(26)24-20-10-8-18(9-11-20)21(25)12-7-17-5-3-13-23-15-17/h2-15H,1H3,(H,24,26). The Morgan fingerprint density at radius 1 is 0.962 bits per heavy atom. The number of aryl methyl sites for hydroxylation is 1. The number of benzene rings is 2. The molecular weight excluding hydrogens is 324 g/mol. The Hall–Kier alpha value is -3.53. The van der Waals surface area contributed by atoms with Crippen LogP contribution < -0.4 is 5.32 Å². The van der Waals surface area contributed by atoms with E-state index in [2.05, 4.69) is 10.3 Å². The van der Waals surface area contributed by atoms with Crippen molar-refractivity contribution in [3.05, 3.63) is 101 Å². The van der Waals surface area contributed by atoms with E-state index in [1.807, 2.05) is 37.3 Å². The van der Waals surface area contributed by atoms with Crippen molar-refractivity contribution < 1.29 is 9.59 Å². The fourth-order valence-corrected chi connectivity index (χ4v) is 2.45. The SMILES string of the molecule is Cc1cccc(C(=O)Nc2ccc(C(=O)C=Cc3cccnc3)cc2)c1. The maximum atomic E-state index is 12.2. The van der Waals surface area contributed by atoms with Crippen LogP contribution in [-0.4, -0.2) is 16.7 Å². The average molecular weight is 342 g/mol. The molecule has 0 aliphatic carbocycles. The van der Waals surface area contributed by atoms with Crippen LogP contribution in [-0.2, 0) is 0 Å². The number of pyridine rings is 1. The number of carbonyl (C=O) groups is 2. The van der Waals surface area contributed by atoms with Crippen LogP contribution in [0.3, 0.4) is 0 Å². The van der Waals surface area contributed by atoms with Gasteiger partial charge >= 0.3 is 0 Å². The quantitative estimate of drug-likeness (QED) is 0.547. The van der Waals surface area contributed by atoms with E-state index in [9.17, 15) is 9.59 Å². The summed E-state index contributed by atoms with van der Waals surface area (Å²) in [6.45, 7) is 1.94. The van der Waals surface area contributed by atoms with Crippen LogP contribution >= 0.6 is 0 Å². The van der Waals surface area contributed by atoms with Gasteiger partial charge in [0.2, 0.25) is 0 Å². The Morgan fingerprint density at radius 2 is 1.77 bits per heavy atom. The highest BCUT2D eigenvalue weighted by Crippen LogP contribution is 2.13. The van der Waals surface area contributed by atoms with E-state index in [1.165, 1.54) is 6.08 Å². The largest absolute Gasteiger partial charge is 0.322 e. The number of aromatic nitrogens is 1. The van der Waals surface area contributed by atoms with E-state index in [0.717, 1.165) is 11.1 Å². The molecule has 2 aromatic carbocycles. The second-order valence-corrected chi connectivity index (χ2v) is 5.88. The Labute approximate surface area is 152 Å². The lowest BCUT2D eigenvalue weighted by molar-refractivity contribution is 0.102. The first kappa shape index (κ1) is 17.3. The Balaban J connectivity index is 1.65. The molecular formula is C22H18N2O2. The molecule has 3 aromatic rings. The first-order valence-electron chi connectivity index (χ1n) is 8.22. The van der Waals surface area contributed by atoms with Gasteiger partial charge in [-0.1, -0.05) is 23.8 Å². The molecule has 0 saturated carbocycles. The predicted molar refractivity (Wildman–Crippen MR) is 103 cm³/mol. The van der Waals surface area contributed by atoms with Crippen molar-refractivity contribution in [3.63, 3.8) is 0 Å². The fourth-order valence-electron chi connectivity index (χ4n) is 2.45. The molecule has 4 nitrogen and oxygen atoms in total. The van der Waals surface area contributed by atoms with Gasteiger partial charge in [-0.3, -0.25) is 14.6 Å². The van der Waals surface area contributed by atoms with Crippen molar-refractivity contribution in [2.75, 3.05) is 5.32 Å². The average Bonchev–Trinajstić information content (AvgIpc) is 2.67. The van der Waals surface area contributed by atoms with Crippen molar-refractivity contribution in [2.24, 2.45) is 0 Å². The topological polar surface area (TPSA) is 59.1 Å². The summed E-state index contributed by atoms with van der Waals surface area (Å²) in [4.78, 5) is 28.5. The van der Waals surface area contributed by atoms with Crippen molar-refractivity contribution >= 4 is 23.5 Å². The highest BCUT2D eigenvalue weighted by atomic mass is 16.1. The summed E-state index contributed by atoms with van der Waals surface area (Å²) in [5.41, 5.74) is 3.69. The number of hydrogen-bond donors (Lipinski definition) is 1. The summed E-state index contributed by atoms with van der Waals surface area (Å²) in [6.07, 6.45) is 6.61. The fraction of sp³-hybridized carbons (Fsp3) is 0.0455. The van der Waals surface area contributed by atoms with Crippen LogP contribution in [0.15, 0.2) is 79.1 Å². The van der Waals surface area contributed by atoms with Gasteiger partial charge in [0, 0.05) is 29.2 Å². The zero-order chi connectivity index (χ0) is 18.4. The number of allylic oxidation sites excluding steroid dienone is 1. The highest BCUT2D eigenvalue weighted by molar-refractivity contribution is 6.08. The minimum absolute atomic E-state index is 0.106. The van der Waals surface area contributed by atoms with Crippen LogP contribution in [0, 0.1) is 6.92 Å². The summed E-state index contributed by atoms with van der Waals surface area (Å²) < 4.78 is 0. The Kier molecular flexibility index (Phi) is 5.34. The molecule has 0 unspecified atom stereocenters. The van der Waals surface area contributed by atoms with Gasteiger partial charge in [-0.25, -0.2) is 0 Å². The van der Waals surface area contributed by atoms with Gasteiger partial charge in [0.15, 0.2) is 5.78 Å². The summed E-state index contributed by atoms with van der Waals surface area (Å²) >= 11 is 0. The van der Waals surface area contributed by atoms with Crippen LogP contribution in [0.5, 0.6) is 0 Å². The summed E-state index contributed by atoms with van der Waals surface area (Å²) in [7, 11) is 0. The third-order valence-corrected chi connectivity index (χ3v) is 3.82. The van der Waals surface area contributed by atoms with Crippen LogP contribution in [0.2, 0.25) is 0 Å². The second-order valence-electron chi connectivity index (χ2n) is 5.88. The summed E-state index contributed by atoms with van der Waals surface area (Å²) in [5.74, 6) is -0.283. The maximum absolute atomic E-state index is 12.2. The van der Waals surface area contributed by atoms with Crippen molar-refractivity contribution in [1.82, 2.24) is 4.98 Å². The third kappa shape index (κ3) is 4.51. The molecule has 0 aliphatic rings. The molecule has 26 heavy (non-hydrogen) atoms. The highest BCUT2D eigenvalue weighted by Gasteiger charge is 2.07. The maximum Gasteiger partial charge on any atom is 0.255 e. The van der Waals surface area contributed by atoms with Crippen LogP contribution in [0.25, 0.3) is 6.08 Å². The van der Waals surface area contributed by atoms with E-state index in [-0.39, 0.29) is 11.7 Å². The minimum Gasteiger partial charge on any atom is -0.322 e. The molecule has 0 bridgehead atoms. The normalized spacial score (nSPS) is 10.7. The number of amides is 1. The molecule has 0 atom stereocenters. The molecule has 1 aromatic heterocycles. The molecule has 0 saturated heterocycles. The van der Waals surface area contributed by atoms with Gasteiger partial charge < -0.3 is 5.32 Å². The van der Waals surface area contributed by atoms with Gasteiger partial charge in [0.05, 0.1) is 0 Å². The van der Waals surface area contributed by atoms with Crippen LogP contribution in [0.1, 0.15) is 31.8 Å². The number of rotatable bonds is 5. The van der Waals surface area contributed by atoms with E-state index in [4.69, 9.17) is 0 Å². The van der Waals surface area contributed by atoms with Crippen molar-refractivity contribution in [1.29, 1.82) is 0 Å². The Bertz CT molecular complexity index is 945. The molecule has 0 spiro atoms. The smallest absolute Gasteiger partial charge is 0.255 e. The van der Waals surface area contributed by atoms with E-state index < -0.39 is 0 Å². The van der Waals surface area contributed by atoms with E-state index in [0.29, 0.717) is 16.8 Å². The van der Waals surface area contributed by atoms with Gasteiger partial charge in [-0.05, 0) is 67.1 Å². The minimum atomic E-state index is -0.177. The molecule has 0 aliphatic heterocycles. The molecule has 0 fully saturated rings. The molecule has 4 heteroatoms. The lowest BCUT2D eigenvalue weighted by atomic mass is 10.1. The predicted octanol–water partition coefficient (Wildman–Crippen LogP) is 4.54. The number of nitrogens with one attached hydrogen (secondary N) is 1. The number of hydrogen-bond acceptors (Lipinski definition) is 3. The number of nitrogens with zero attached hydrogens (tertiary/aromatic N) is 1. The third-order valence-electron chi connectivity index (χ3n) is 3.82. The number of carbonyl (C=O) groups excluding carboxylic acids is 2. The zero-order valence-electron chi connectivity index (χ0n) is 14.3. The molecule has 1 heterocycles. The number of anilines is 1. The Morgan fingerprint density at radius 3 is 2.46 bits per heavy atom. The van der Waals surface area contributed by atoms with Gasteiger partial charge in [0.1, 0.15) is 0 Å². The van der Waals surface area contributed by atoms with Gasteiger partial charge in [0.25, 0.3) is 5.91 Å². The lowest BCUT2D eigenvalue weighted by Gasteiger charge is -2.06. The van der Waals surface area contributed by atoms with E-state index in [1.54, 1.807) is 48.8 Å². The van der Waals surface area contributed by atoms with Crippen LogP contribution in [0.4, 0.5) is 5.69 Å². The molecule has 1 amide bonds. The zero-order valence-corrected chi connectivity index (χ0v) is 14.3. The molecule has 3 rings (SSSR count). The summed E-state index contributed by atoms with van der Waals surface area (Å²) in [6, 6.07) is 17.9. The van der Waals surface area contributed by atoms with E-state index >= 15 is 0 Å². The van der Waals surface area contributed by atoms with Crippen molar-refractivity contribution in [2.45, 2.75) is 6.92 Å². The van der Waals surface area contributed by atoms with Crippen molar-refractivity contribution in [3.8, 4) is 0 Å². The first-order valence-corrected chi connectivity index (χ1v) is 8.22. The second kappa shape index (κ2) is 8.03.